The Hall–Kier alpha value is -2.73. The van der Waals surface area contributed by atoms with Gasteiger partial charge in [-0.1, -0.05) is 51.4 Å². The third kappa shape index (κ3) is 3.39. The van der Waals surface area contributed by atoms with Crippen LogP contribution < -0.4 is 0 Å². The Morgan fingerprint density at radius 3 is 2.60 bits per heavy atom. The zero-order valence-corrected chi connectivity index (χ0v) is 15.1. The van der Waals surface area contributed by atoms with Crippen molar-refractivity contribution in [1.82, 2.24) is 19.9 Å². The monoisotopic (exact) mass is 394 g/mol. The van der Waals surface area contributed by atoms with Gasteiger partial charge in [-0.15, -0.1) is 0 Å². The summed E-state index contributed by atoms with van der Waals surface area (Å²) in [5.41, 5.74) is 4.16. The lowest BCUT2D eigenvalue weighted by molar-refractivity contribution is 0.385. The van der Waals surface area contributed by atoms with Crippen LogP contribution >= 0.6 is 15.9 Å². The van der Waals surface area contributed by atoms with Crippen molar-refractivity contribution in [3.05, 3.63) is 76.7 Å². The molecule has 0 radical (unpaired) electrons. The van der Waals surface area contributed by atoms with E-state index in [9.17, 15) is 0 Å². The molecule has 0 spiro atoms. The molecule has 0 bridgehead atoms. The summed E-state index contributed by atoms with van der Waals surface area (Å²) in [6.07, 6.45) is 2.40. The quantitative estimate of drug-likeness (QED) is 0.511. The third-order valence-electron chi connectivity index (χ3n) is 3.97. The van der Waals surface area contributed by atoms with Crippen LogP contribution in [0.4, 0.5) is 0 Å². The molecule has 0 fully saturated rings. The predicted molar refractivity (Wildman–Crippen MR) is 98.9 cm³/mol. The molecular weight excluding hydrogens is 380 g/mol. The topological polar surface area (TPSA) is 56.7 Å². The fraction of sp³-hybridized carbons (Fsp3) is 0.105. The van der Waals surface area contributed by atoms with Crippen LogP contribution in [0.25, 0.3) is 22.6 Å². The summed E-state index contributed by atoms with van der Waals surface area (Å²) in [4.78, 5) is 4.53. The first-order valence-electron chi connectivity index (χ1n) is 7.85. The number of aryl methyl sites for hydroxylation is 1. The van der Waals surface area contributed by atoms with E-state index in [1.165, 1.54) is 0 Å². The molecule has 0 unspecified atom stereocenters. The molecule has 4 rings (SSSR count). The van der Waals surface area contributed by atoms with Gasteiger partial charge >= 0.3 is 0 Å². The Morgan fingerprint density at radius 1 is 1.04 bits per heavy atom. The van der Waals surface area contributed by atoms with Crippen molar-refractivity contribution in [1.29, 1.82) is 0 Å². The van der Waals surface area contributed by atoms with E-state index in [1.807, 2.05) is 66.3 Å². The summed E-state index contributed by atoms with van der Waals surface area (Å²) in [5, 5.41) is 8.34. The molecule has 0 atom stereocenters. The van der Waals surface area contributed by atoms with E-state index in [2.05, 4.69) is 31.2 Å². The summed E-state index contributed by atoms with van der Waals surface area (Å²) in [7, 11) is 1.92. The first kappa shape index (κ1) is 15.8. The molecule has 0 aliphatic heterocycles. The van der Waals surface area contributed by atoms with Crippen LogP contribution in [0.1, 0.15) is 11.5 Å². The number of benzene rings is 2. The number of aromatic nitrogens is 4. The molecule has 0 aliphatic rings. The highest BCUT2D eigenvalue weighted by atomic mass is 79.9. The van der Waals surface area contributed by atoms with Crippen molar-refractivity contribution >= 4 is 15.9 Å². The summed E-state index contributed by atoms with van der Waals surface area (Å²) >= 11 is 3.44. The second kappa shape index (κ2) is 6.64. The van der Waals surface area contributed by atoms with E-state index in [0.29, 0.717) is 18.1 Å². The maximum Gasteiger partial charge on any atom is 0.231 e. The van der Waals surface area contributed by atoms with Gasteiger partial charge in [0, 0.05) is 28.8 Å². The minimum absolute atomic E-state index is 0.594. The molecule has 124 valence electrons. The van der Waals surface area contributed by atoms with Crippen LogP contribution in [-0.2, 0) is 13.5 Å². The van der Waals surface area contributed by atoms with Crippen molar-refractivity contribution in [2.24, 2.45) is 7.05 Å². The molecule has 25 heavy (non-hydrogen) atoms. The van der Waals surface area contributed by atoms with Crippen LogP contribution in [0.2, 0.25) is 0 Å². The van der Waals surface area contributed by atoms with Crippen molar-refractivity contribution < 1.29 is 4.52 Å². The van der Waals surface area contributed by atoms with E-state index < -0.39 is 0 Å². The first-order valence-corrected chi connectivity index (χ1v) is 8.64. The van der Waals surface area contributed by atoms with Gasteiger partial charge in [-0.3, -0.25) is 4.68 Å². The molecule has 0 amide bonds. The molecule has 0 saturated heterocycles. The van der Waals surface area contributed by atoms with Crippen molar-refractivity contribution in [3.63, 3.8) is 0 Å². The normalized spacial score (nSPS) is 11.0. The molecule has 2 aromatic heterocycles. The number of hydrogen-bond donors (Lipinski definition) is 0. The molecule has 2 aromatic carbocycles. The summed E-state index contributed by atoms with van der Waals surface area (Å²) in [5.74, 6) is 1.19. The Morgan fingerprint density at radius 2 is 1.84 bits per heavy atom. The Balaban J connectivity index is 1.60. The van der Waals surface area contributed by atoms with Gasteiger partial charge in [0.1, 0.15) is 0 Å². The molecule has 2 heterocycles. The lowest BCUT2D eigenvalue weighted by Crippen LogP contribution is -1.93. The highest BCUT2D eigenvalue weighted by Crippen LogP contribution is 2.24. The number of nitrogens with zero attached hydrogens (tertiary/aromatic N) is 4. The van der Waals surface area contributed by atoms with Gasteiger partial charge in [-0.2, -0.15) is 10.1 Å². The van der Waals surface area contributed by atoms with E-state index in [0.717, 1.165) is 26.9 Å². The molecule has 5 nitrogen and oxygen atoms in total. The Kier molecular flexibility index (Phi) is 4.19. The molecule has 0 saturated carbocycles. The zero-order valence-electron chi connectivity index (χ0n) is 13.6. The van der Waals surface area contributed by atoms with Crippen molar-refractivity contribution in [2.45, 2.75) is 6.42 Å². The number of rotatable bonds is 4. The largest absolute Gasteiger partial charge is 0.339 e. The van der Waals surface area contributed by atoms with Gasteiger partial charge in [-0.05, 0) is 29.8 Å². The summed E-state index contributed by atoms with van der Waals surface area (Å²) < 4.78 is 8.31. The Labute approximate surface area is 153 Å². The summed E-state index contributed by atoms with van der Waals surface area (Å²) in [6, 6.07) is 18.1. The average molecular weight is 395 g/mol. The SMILES string of the molecule is Cn1nccc1-c1cccc(-c2noc(Cc3ccc(Br)cc3)n2)c1. The maximum atomic E-state index is 5.42. The van der Waals surface area contributed by atoms with Gasteiger partial charge in [-0.25, -0.2) is 0 Å². The van der Waals surface area contributed by atoms with Crippen LogP contribution in [-0.4, -0.2) is 19.9 Å². The highest BCUT2D eigenvalue weighted by Gasteiger charge is 2.11. The van der Waals surface area contributed by atoms with Crippen LogP contribution in [0.3, 0.4) is 0 Å². The fourth-order valence-corrected chi connectivity index (χ4v) is 2.96. The van der Waals surface area contributed by atoms with Gasteiger partial charge in [0.05, 0.1) is 12.1 Å². The van der Waals surface area contributed by atoms with E-state index in [-0.39, 0.29) is 0 Å². The smallest absolute Gasteiger partial charge is 0.231 e. The van der Waals surface area contributed by atoms with Crippen LogP contribution in [0.15, 0.2) is 69.8 Å². The van der Waals surface area contributed by atoms with Gasteiger partial charge < -0.3 is 4.52 Å². The highest BCUT2D eigenvalue weighted by molar-refractivity contribution is 9.10. The summed E-state index contributed by atoms with van der Waals surface area (Å²) in [6.45, 7) is 0. The number of halogens is 1. The van der Waals surface area contributed by atoms with Gasteiger partial charge in [0.15, 0.2) is 0 Å². The second-order valence-corrected chi connectivity index (χ2v) is 6.65. The molecular formula is C19H15BrN4O. The fourth-order valence-electron chi connectivity index (χ4n) is 2.70. The molecule has 6 heteroatoms. The van der Waals surface area contributed by atoms with Gasteiger partial charge in [0.2, 0.25) is 11.7 Å². The van der Waals surface area contributed by atoms with E-state index in [1.54, 1.807) is 6.20 Å². The van der Waals surface area contributed by atoms with Crippen molar-refractivity contribution in [2.75, 3.05) is 0 Å². The number of hydrogen-bond acceptors (Lipinski definition) is 4. The zero-order chi connectivity index (χ0) is 17.2. The molecule has 0 N–H and O–H groups in total. The van der Waals surface area contributed by atoms with Crippen LogP contribution in [0.5, 0.6) is 0 Å². The third-order valence-corrected chi connectivity index (χ3v) is 4.50. The Bertz CT molecular complexity index is 1000. The van der Waals surface area contributed by atoms with Crippen molar-refractivity contribution in [3.8, 4) is 22.6 Å². The molecule has 4 aromatic rings. The standard InChI is InChI=1S/C19H15BrN4O/c1-24-17(9-10-21-24)14-3-2-4-15(12-14)19-22-18(25-23-19)11-13-5-7-16(20)8-6-13/h2-10,12H,11H2,1H3. The van der Waals surface area contributed by atoms with E-state index >= 15 is 0 Å². The maximum absolute atomic E-state index is 5.42. The lowest BCUT2D eigenvalue weighted by Gasteiger charge is -2.03. The average Bonchev–Trinajstić information content (AvgIpc) is 3.26. The predicted octanol–water partition coefficient (Wildman–Crippen LogP) is 4.49. The minimum Gasteiger partial charge on any atom is -0.339 e. The lowest BCUT2D eigenvalue weighted by atomic mass is 10.1. The van der Waals surface area contributed by atoms with Crippen LogP contribution in [0, 0.1) is 0 Å². The van der Waals surface area contributed by atoms with E-state index in [4.69, 9.17) is 4.52 Å². The molecule has 0 aliphatic carbocycles. The second-order valence-electron chi connectivity index (χ2n) is 5.74. The minimum atomic E-state index is 0.594. The van der Waals surface area contributed by atoms with Gasteiger partial charge in [0.25, 0.3) is 0 Å². The first-order chi connectivity index (χ1) is 12.2.